The lowest BCUT2D eigenvalue weighted by atomic mass is 10.1. The first-order chi connectivity index (χ1) is 8.97. The van der Waals surface area contributed by atoms with Gasteiger partial charge in [0, 0.05) is 17.6 Å². The van der Waals surface area contributed by atoms with Gasteiger partial charge in [0.25, 0.3) is 11.7 Å². The maximum atomic E-state index is 11.6. The molecular formula is C12H11BrN2O4. The van der Waals surface area contributed by atoms with E-state index in [4.69, 9.17) is 0 Å². The summed E-state index contributed by atoms with van der Waals surface area (Å²) in [4.78, 5) is 24.7. The van der Waals surface area contributed by atoms with Crippen LogP contribution in [0.1, 0.15) is 10.4 Å². The smallest absolute Gasteiger partial charge is 0.296 e. The fourth-order valence-electron chi connectivity index (χ4n) is 2.36. The molecule has 3 N–H and O–H groups in total. The molecule has 2 aliphatic rings. The van der Waals surface area contributed by atoms with Crippen LogP contribution in [0.2, 0.25) is 0 Å². The number of hydrogen-bond donors (Lipinski definition) is 3. The second-order valence-electron chi connectivity index (χ2n) is 4.67. The average Bonchev–Trinajstić information content (AvgIpc) is 2.82. The molecule has 0 aliphatic carbocycles. The summed E-state index contributed by atoms with van der Waals surface area (Å²) in [6.45, 7) is 0.612. The Morgan fingerprint density at radius 1 is 1.21 bits per heavy atom. The fraction of sp³-hybridized carbons (Fsp3) is 0.333. The predicted octanol–water partition coefficient (Wildman–Crippen LogP) is 0.126. The van der Waals surface area contributed by atoms with E-state index < -0.39 is 23.9 Å². The van der Waals surface area contributed by atoms with E-state index in [-0.39, 0.29) is 0 Å². The number of β-amino-alcohol motifs (C(OH)–C–C–N with tert-alkyl or cyclic N) is 2. The third kappa shape index (κ3) is 1.94. The van der Waals surface area contributed by atoms with Gasteiger partial charge in [-0.1, -0.05) is 0 Å². The average molecular weight is 327 g/mol. The Labute approximate surface area is 117 Å². The molecule has 0 spiro atoms. The number of nitrogens with zero attached hydrogens (tertiary/aromatic N) is 1. The number of ketones is 1. The van der Waals surface area contributed by atoms with Gasteiger partial charge in [0.15, 0.2) is 0 Å². The van der Waals surface area contributed by atoms with E-state index in [2.05, 4.69) is 21.2 Å². The van der Waals surface area contributed by atoms with Crippen LogP contribution in [0.5, 0.6) is 0 Å². The molecule has 6 nitrogen and oxygen atoms in total. The summed E-state index contributed by atoms with van der Waals surface area (Å²) >= 11 is 3.35. The Hall–Kier alpha value is -1.44. The van der Waals surface area contributed by atoms with Crippen molar-refractivity contribution < 1.29 is 19.8 Å². The number of anilines is 2. The number of fused-ring (bicyclic) bond motifs is 1. The highest BCUT2D eigenvalue weighted by atomic mass is 79.9. The van der Waals surface area contributed by atoms with Crippen molar-refractivity contribution in [1.82, 2.24) is 0 Å². The lowest BCUT2D eigenvalue weighted by molar-refractivity contribution is -0.112. The van der Waals surface area contributed by atoms with E-state index in [1.54, 1.807) is 17.0 Å². The Kier molecular flexibility index (Phi) is 2.84. The second kappa shape index (κ2) is 4.29. The van der Waals surface area contributed by atoms with Crippen LogP contribution in [-0.2, 0) is 4.79 Å². The standard InChI is InChI=1S/C12H11BrN2O4/c13-6-1-5-7(14-12(19)11(5)18)2-8(6)15-3-9(16)10(17)4-15/h1-2,9-10,16-17H,3-4H2,(H,14,18,19). The van der Waals surface area contributed by atoms with Crippen LogP contribution in [0.15, 0.2) is 16.6 Å². The molecule has 0 radical (unpaired) electrons. The molecule has 1 amide bonds. The van der Waals surface area contributed by atoms with Crippen LogP contribution in [0.25, 0.3) is 0 Å². The number of halogens is 1. The van der Waals surface area contributed by atoms with Gasteiger partial charge in [0.2, 0.25) is 0 Å². The monoisotopic (exact) mass is 326 g/mol. The SMILES string of the molecule is O=C1Nc2cc(N3CC(O)C(O)C3)c(Br)cc2C1=O. The van der Waals surface area contributed by atoms with Gasteiger partial charge in [-0.25, -0.2) is 0 Å². The largest absolute Gasteiger partial charge is 0.389 e. The molecule has 3 rings (SSSR count). The Bertz CT molecular complexity index is 579. The Morgan fingerprint density at radius 2 is 1.84 bits per heavy atom. The third-order valence-corrected chi connectivity index (χ3v) is 4.02. The number of aliphatic hydroxyl groups excluding tert-OH is 2. The van der Waals surface area contributed by atoms with Crippen LogP contribution < -0.4 is 10.2 Å². The number of benzene rings is 1. The van der Waals surface area contributed by atoms with E-state index in [0.29, 0.717) is 28.8 Å². The molecule has 2 atom stereocenters. The van der Waals surface area contributed by atoms with Crippen molar-refractivity contribution in [2.45, 2.75) is 12.2 Å². The van der Waals surface area contributed by atoms with Crippen LogP contribution in [0.4, 0.5) is 11.4 Å². The molecule has 7 heteroatoms. The molecule has 1 fully saturated rings. The molecule has 1 saturated heterocycles. The van der Waals surface area contributed by atoms with Crippen molar-refractivity contribution in [1.29, 1.82) is 0 Å². The van der Waals surface area contributed by atoms with Crippen LogP contribution in [0.3, 0.4) is 0 Å². The zero-order valence-electron chi connectivity index (χ0n) is 9.76. The van der Waals surface area contributed by atoms with Crippen molar-refractivity contribution in [2.24, 2.45) is 0 Å². The maximum Gasteiger partial charge on any atom is 0.296 e. The Balaban J connectivity index is 1.99. The van der Waals surface area contributed by atoms with Gasteiger partial charge in [-0.05, 0) is 28.1 Å². The second-order valence-corrected chi connectivity index (χ2v) is 5.53. The summed E-state index contributed by atoms with van der Waals surface area (Å²) in [5, 5.41) is 21.6. The topological polar surface area (TPSA) is 89.9 Å². The summed E-state index contributed by atoms with van der Waals surface area (Å²) in [6.07, 6.45) is -1.59. The van der Waals surface area contributed by atoms with Crippen LogP contribution in [-0.4, -0.2) is 47.2 Å². The van der Waals surface area contributed by atoms with Crippen molar-refractivity contribution in [3.8, 4) is 0 Å². The van der Waals surface area contributed by atoms with Gasteiger partial charge in [0.1, 0.15) is 0 Å². The molecule has 0 saturated carbocycles. The number of carbonyl (C=O) groups excluding carboxylic acids is 2. The number of aliphatic hydroxyl groups is 2. The number of carbonyl (C=O) groups is 2. The maximum absolute atomic E-state index is 11.6. The molecule has 100 valence electrons. The summed E-state index contributed by atoms with van der Waals surface area (Å²) < 4.78 is 0.650. The predicted molar refractivity (Wildman–Crippen MR) is 71.3 cm³/mol. The molecule has 1 aromatic carbocycles. The van der Waals surface area contributed by atoms with Crippen LogP contribution in [0, 0.1) is 0 Å². The van der Waals surface area contributed by atoms with Gasteiger partial charge in [-0.3, -0.25) is 9.59 Å². The molecule has 0 bridgehead atoms. The van der Waals surface area contributed by atoms with Gasteiger partial charge in [0.05, 0.1) is 29.1 Å². The van der Waals surface area contributed by atoms with Crippen molar-refractivity contribution >= 4 is 39.0 Å². The first-order valence-corrected chi connectivity index (χ1v) is 6.57. The zero-order chi connectivity index (χ0) is 13.7. The number of rotatable bonds is 1. The molecule has 2 aliphatic heterocycles. The molecular weight excluding hydrogens is 316 g/mol. The summed E-state index contributed by atoms with van der Waals surface area (Å²) in [6, 6.07) is 3.26. The van der Waals surface area contributed by atoms with E-state index in [0.717, 1.165) is 5.69 Å². The first kappa shape index (κ1) is 12.6. The summed E-state index contributed by atoms with van der Waals surface area (Å²) in [5.74, 6) is -1.19. The van der Waals surface area contributed by atoms with Gasteiger partial charge in [-0.15, -0.1) is 0 Å². The van der Waals surface area contributed by atoms with Crippen LogP contribution >= 0.6 is 15.9 Å². The molecule has 2 unspecified atom stereocenters. The lowest BCUT2D eigenvalue weighted by Gasteiger charge is -2.20. The number of amides is 1. The Morgan fingerprint density at radius 3 is 2.47 bits per heavy atom. The van der Waals surface area contributed by atoms with Gasteiger partial charge < -0.3 is 20.4 Å². The molecule has 1 aromatic rings. The number of Topliss-reactive ketones (excluding diaryl/α,β-unsaturated/α-hetero) is 1. The van der Waals surface area contributed by atoms with Gasteiger partial charge >= 0.3 is 0 Å². The molecule has 0 aromatic heterocycles. The minimum atomic E-state index is -0.795. The minimum absolute atomic E-state index is 0.306. The first-order valence-electron chi connectivity index (χ1n) is 5.77. The van der Waals surface area contributed by atoms with Gasteiger partial charge in [-0.2, -0.15) is 0 Å². The number of hydrogen-bond acceptors (Lipinski definition) is 5. The quantitative estimate of drug-likeness (QED) is 0.638. The van der Waals surface area contributed by atoms with Crippen molar-refractivity contribution in [2.75, 3.05) is 23.3 Å². The third-order valence-electron chi connectivity index (χ3n) is 3.39. The molecule has 2 heterocycles. The van der Waals surface area contributed by atoms with E-state index in [1.807, 2.05) is 0 Å². The highest BCUT2D eigenvalue weighted by Gasteiger charge is 2.33. The van der Waals surface area contributed by atoms with E-state index >= 15 is 0 Å². The summed E-state index contributed by atoms with van der Waals surface area (Å²) in [5.41, 5.74) is 1.52. The van der Waals surface area contributed by atoms with Crippen molar-refractivity contribution in [3.05, 3.63) is 22.2 Å². The summed E-state index contributed by atoms with van der Waals surface area (Å²) in [7, 11) is 0. The van der Waals surface area contributed by atoms with E-state index in [1.165, 1.54) is 0 Å². The zero-order valence-corrected chi connectivity index (χ0v) is 11.3. The minimum Gasteiger partial charge on any atom is -0.389 e. The fourth-order valence-corrected chi connectivity index (χ4v) is 2.96. The highest BCUT2D eigenvalue weighted by Crippen LogP contribution is 2.36. The normalized spacial score (nSPS) is 25.7. The van der Waals surface area contributed by atoms with E-state index in [9.17, 15) is 19.8 Å². The molecule has 19 heavy (non-hydrogen) atoms. The lowest BCUT2D eigenvalue weighted by Crippen LogP contribution is -2.22. The number of nitrogens with one attached hydrogen (secondary N) is 1. The van der Waals surface area contributed by atoms with Crippen molar-refractivity contribution in [3.63, 3.8) is 0 Å². The highest BCUT2D eigenvalue weighted by molar-refractivity contribution is 9.10.